The summed E-state index contributed by atoms with van der Waals surface area (Å²) in [6, 6.07) is 5.03. The van der Waals surface area contributed by atoms with E-state index in [1.807, 2.05) is 27.7 Å². The van der Waals surface area contributed by atoms with Crippen LogP contribution in [0.5, 0.6) is 0 Å². The van der Waals surface area contributed by atoms with Gasteiger partial charge in [0.25, 0.3) is 11.1 Å². The lowest BCUT2D eigenvalue weighted by molar-refractivity contribution is 0.519. The van der Waals surface area contributed by atoms with E-state index in [1.165, 1.54) is 23.1 Å². The number of benzene rings is 1. The van der Waals surface area contributed by atoms with Crippen molar-refractivity contribution in [2.75, 3.05) is 0 Å². The van der Waals surface area contributed by atoms with Crippen LogP contribution in [0.2, 0.25) is 5.02 Å². The van der Waals surface area contributed by atoms with Gasteiger partial charge in [-0.2, -0.15) is 0 Å². The Labute approximate surface area is 180 Å². The molecule has 0 bridgehead atoms. The summed E-state index contributed by atoms with van der Waals surface area (Å²) in [6.07, 6.45) is 0. The molecule has 0 unspecified atom stereocenters. The van der Waals surface area contributed by atoms with Crippen molar-refractivity contribution in [3.8, 4) is 0 Å². The molecule has 6 nitrogen and oxygen atoms in total. The first-order valence-electron chi connectivity index (χ1n) is 9.09. The lowest BCUT2D eigenvalue weighted by Gasteiger charge is -2.16. The Balaban J connectivity index is 1.76. The van der Waals surface area contributed by atoms with Crippen LogP contribution in [0.1, 0.15) is 36.2 Å². The number of hydrogen-bond acceptors (Lipinski definition) is 6. The highest BCUT2D eigenvalue weighted by Gasteiger charge is 2.16. The van der Waals surface area contributed by atoms with Gasteiger partial charge in [-0.05, 0) is 51.5 Å². The Morgan fingerprint density at radius 3 is 2.72 bits per heavy atom. The summed E-state index contributed by atoms with van der Waals surface area (Å²) >= 11 is 8.97. The maximum atomic E-state index is 13.0. The van der Waals surface area contributed by atoms with Crippen LogP contribution in [-0.2, 0) is 5.75 Å². The van der Waals surface area contributed by atoms with E-state index in [-0.39, 0.29) is 17.2 Å². The van der Waals surface area contributed by atoms with Gasteiger partial charge in [-0.3, -0.25) is 14.2 Å². The van der Waals surface area contributed by atoms with Crippen LogP contribution in [0.3, 0.4) is 0 Å². The number of aryl methyl sites for hydroxylation is 2. The molecule has 0 aliphatic rings. The van der Waals surface area contributed by atoms with Gasteiger partial charge >= 0.3 is 0 Å². The van der Waals surface area contributed by atoms with Crippen LogP contribution in [-0.4, -0.2) is 19.5 Å². The number of halogens is 1. The van der Waals surface area contributed by atoms with Gasteiger partial charge in [0, 0.05) is 15.9 Å². The Hall–Kier alpha value is -2.16. The summed E-state index contributed by atoms with van der Waals surface area (Å²) in [6.45, 7) is 7.81. The molecule has 1 N–H and O–H groups in total. The van der Waals surface area contributed by atoms with E-state index in [1.54, 1.807) is 22.8 Å². The lowest BCUT2D eigenvalue weighted by atomic mass is 10.2. The van der Waals surface area contributed by atoms with Gasteiger partial charge in [0.05, 0.1) is 22.0 Å². The largest absolute Gasteiger partial charge is 0.309 e. The molecular weight excluding hydrogens is 428 g/mol. The number of thioether (sulfide) groups is 1. The second-order valence-corrected chi connectivity index (χ2v) is 9.67. The molecule has 0 saturated heterocycles. The van der Waals surface area contributed by atoms with E-state index in [2.05, 4.69) is 15.0 Å². The molecule has 0 saturated carbocycles. The summed E-state index contributed by atoms with van der Waals surface area (Å²) < 4.78 is 1.66. The van der Waals surface area contributed by atoms with Gasteiger partial charge in [-0.15, -0.1) is 11.3 Å². The van der Waals surface area contributed by atoms with Crippen LogP contribution in [0, 0.1) is 13.8 Å². The summed E-state index contributed by atoms with van der Waals surface area (Å²) in [5.41, 5.74) is 1.29. The third-order valence-electron chi connectivity index (χ3n) is 4.77. The second-order valence-electron chi connectivity index (χ2n) is 7.09. The molecule has 0 radical (unpaired) electrons. The summed E-state index contributed by atoms with van der Waals surface area (Å²) in [5, 5.41) is 2.28. The first kappa shape index (κ1) is 20.1. The van der Waals surface area contributed by atoms with Crippen molar-refractivity contribution < 1.29 is 0 Å². The average molecular weight is 447 g/mol. The van der Waals surface area contributed by atoms with E-state index >= 15 is 0 Å². The molecule has 0 atom stereocenters. The molecule has 3 aromatic heterocycles. The fourth-order valence-corrected chi connectivity index (χ4v) is 5.42. The third-order valence-corrected chi connectivity index (χ3v) is 7.07. The zero-order chi connectivity index (χ0) is 20.9. The average Bonchev–Trinajstić information content (AvgIpc) is 2.93. The highest BCUT2D eigenvalue weighted by molar-refractivity contribution is 7.98. The third kappa shape index (κ3) is 3.60. The highest BCUT2D eigenvalue weighted by Crippen LogP contribution is 2.28. The standard InChI is InChI=1S/C20H19ClN4O2S2/c1-9(2)25-19(27)13-6-5-12(21)7-14(13)22-20(25)28-8-15-23-17(26)16-10(3)11(4)29-18(16)24-15/h5-7,9H,8H2,1-4H3,(H,23,24,26). The van der Waals surface area contributed by atoms with E-state index < -0.39 is 0 Å². The molecule has 150 valence electrons. The maximum absolute atomic E-state index is 13.0. The van der Waals surface area contributed by atoms with E-state index in [0.717, 1.165) is 15.3 Å². The molecule has 4 aromatic rings. The Morgan fingerprint density at radius 2 is 2.00 bits per heavy atom. The summed E-state index contributed by atoms with van der Waals surface area (Å²) in [4.78, 5) is 39.4. The fraction of sp³-hybridized carbons (Fsp3) is 0.300. The minimum absolute atomic E-state index is 0.0605. The number of nitrogens with one attached hydrogen (secondary N) is 1. The number of thiophene rings is 1. The van der Waals surface area contributed by atoms with Crippen molar-refractivity contribution in [1.29, 1.82) is 0 Å². The molecular formula is C20H19ClN4O2S2. The Morgan fingerprint density at radius 1 is 1.24 bits per heavy atom. The van der Waals surface area contributed by atoms with E-state index in [0.29, 0.717) is 38.0 Å². The molecule has 0 spiro atoms. The molecule has 0 amide bonds. The van der Waals surface area contributed by atoms with E-state index in [9.17, 15) is 9.59 Å². The molecule has 1 aromatic carbocycles. The van der Waals surface area contributed by atoms with Crippen molar-refractivity contribution in [3.63, 3.8) is 0 Å². The fourth-order valence-electron chi connectivity index (χ4n) is 3.21. The van der Waals surface area contributed by atoms with Crippen LogP contribution >= 0.6 is 34.7 Å². The Kier molecular flexibility index (Phi) is 5.27. The SMILES string of the molecule is Cc1sc2nc(CSc3nc4cc(Cl)ccc4c(=O)n3C(C)C)[nH]c(=O)c2c1C. The number of aromatic nitrogens is 4. The van der Waals surface area contributed by atoms with Crippen molar-refractivity contribution in [3.05, 3.63) is 60.2 Å². The highest BCUT2D eigenvalue weighted by atomic mass is 35.5. The van der Waals surface area contributed by atoms with Crippen molar-refractivity contribution >= 4 is 55.8 Å². The molecule has 0 fully saturated rings. The number of aromatic amines is 1. The lowest BCUT2D eigenvalue weighted by Crippen LogP contribution is -2.25. The second kappa shape index (κ2) is 7.59. The van der Waals surface area contributed by atoms with Gasteiger partial charge in [-0.25, -0.2) is 9.97 Å². The molecule has 9 heteroatoms. The smallest absolute Gasteiger partial charge is 0.262 e. The number of H-pyrrole nitrogens is 1. The molecule has 0 aliphatic heterocycles. The number of fused-ring (bicyclic) bond motifs is 2. The van der Waals surface area contributed by atoms with Gasteiger partial charge in [-0.1, -0.05) is 23.4 Å². The number of rotatable bonds is 4. The van der Waals surface area contributed by atoms with Gasteiger partial charge in [0.1, 0.15) is 10.7 Å². The predicted octanol–water partition coefficient (Wildman–Crippen LogP) is 4.84. The van der Waals surface area contributed by atoms with Gasteiger partial charge in [0.15, 0.2) is 5.16 Å². The molecule has 0 aliphatic carbocycles. The van der Waals surface area contributed by atoms with Crippen LogP contribution < -0.4 is 11.1 Å². The summed E-state index contributed by atoms with van der Waals surface area (Å²) in [7, 11) is 0. The van der Waals surface area contributed by atoms with Crippen LogP contribution in [0.4, 0.5) is 0 Å². The quantitative estimate of drug-likeness (QED) is 0.358. The molecule has 29 heavy (non-hydrogen) atoms. The van der Waals surface area contributed by atoms with Crippen molar-refractivity contribution in [2.45, 2.75) is 44.6 Å². The summed E-state index contributed by atoms with van der Waals surface area (Å²) in [5.74, 6) is 0.955. The monoisotopic (exact) mass is 446 g/mol. The topological polar surface area (TPSA) is 80.6 Å². The van der Waals surface area contributed by atoms with Gasteiger partial charge < -0.3 is 4.98 Å². The zero-order valence-electron chi connectivity index (χ0n) is 16.4. The minimum atomic E-state index is -0.132. The Bertz CT molecular complexity index is 1370. The van der Waals surface area contributed by atoms with Crippen LogP contribution in [0.15, 0.2) is 32.9 Å². The first-order chi connectivity index (χ1) is 13.8. The predicted molar refractivity (Wildman–Crippen MR) is 121 cm³/mol. The number of nitrogens with zero attached hydrogens (tertiary/aromatic N) is 3. The normalized spacial score (nSPS) is 11.8. The molecule has 4 rings (SSSR count). The zero-order valence-corrected chi connectivity index (χ0v) is 18.8. The van der Waals surface area contributed by atoms with Gasteiger partial charge in [0.2, 0.25) is 0 Å². The number of hydrogen-bond donors (Lipinski definition) is 1. The van der Waals surface area contributed by atoms with Crippen LogP contribution in [0.25, 0.3) is 21.1 Å². The first-order valence-corrected chi connectivity index (χ1v) is 11.3. The van der Waals surface area contributed by atoms with Crippen molar-refractivity contribution in [1.82, 2.24) is 19.5 Å². The van der Waals surface area contributed by atoms with Crippen molar-refractivity contribution in [2.24, 2.45) is 0 Å². The van der Waals surface area contributed by atoms with E-state index in [4.69, 9.17) is 11.6 Å². The molecule has 3 heterocycles. The minimum Gasteiger partial charge on any atom is -0.309 e. The maximum Gasteiger partial charge on any atom is 0.262 e.